The Kier molecular flexibility index (Phi) is 4.59. The Labute approximate surface area is 131 Å². The van der Waals surface area contributed by atoms with E-state index >= 15 is 0 Å². The van der Waals surface area contributed by atoms with Crippen LogP contribution in [0.3, 0.4) is 0 Å². The third kappa shape index (κ3) is 3.46. The van der Waals surface area contributed by atoms with Crippen LogP contribution in [0, 0.1) is 0 Å². The van der Waals surface area contributed by atoms with Gasteiger partial charge in [-0.2, -0.15) is 0 Å². The van der Waals surface area contributed by atoms with Crippen molar-refractivity contribution in [3.8, 4) is 0 Å². The second kappa shape index (κ2) is 6.61. The van der Waals surface area contributed by atoms with Crippen LogP contribution in [0.5, 0.6) is 0 Å². The van der Waals surface area contributed by atoms with Crippen molar-refractivity contribution in [2.75, 3.05) is 13.6 Å². The highest BCUT2D eigenvalue weighted by molar-refractivity contribution is 6.30. The minimum atomic E-state index is 0.354. The van der Waals surface area contributed by atoms with Crippen molar-refractivity contribution in [3.05, 3.63) is 70.2 Å². The first kappa shape index (κ1) is 14.6. The fourth-order valence-corrected chi connectivity index (χ4v) is 3.27. The van der Waals surface area contributed by atoms with E-state index < -0.39 is 0 Å². The highest BCUT2D eigenvalue weighted by Gasteiger charge is 2.19. The standard InChI is InChI=1S/C18H21ClN2/c1-20-18(14-7-4-8-17(19)11-14)9-10-21-12-15-5-2-3-6-16(15)13-21/h2-8,11,18,20H,9-10,12-13H2,1H3. The molecule has 1 atom stereocenters. The highest BCUT2D eigenvalue weighted by atomic mass is 35.5. The van der Waals surface area contributed by atoms with Gasteiger partial charge in [0.05, 0.1) is 0 Å². The molecule has 2 aromatic rings. The Morgan fingerprint density at radius 2 is 1.81 bits per heavy atom. The lowest BCUT2D eigenvalue weighted by molar-refractivity contribution is 0.266. The van der Waals surface area contributed by atoms with Gasteiger partial charge in [-0.05, 0) is 42.3 Å². The van der Waals surface area contributed by atoms with Crippen molar-refractivity contribution in [3.63, 3.8) is 0 Å². The number of fused-ring (bicyclic) bond motifs is 1. The molecule has 0 amide bonds. The molecule has 0 aliphatic carbocycles. The minimum absolute atomic E-state index is 0.354. The van der Waals surface area contributed by atoms with E-state index in [1.807, 2.05) is 19.2 Å². The van der Waals surface area contributed by atoms with Crippen LogP contribution in [0.15, 0.2) is 48.5 Å². The first-order chi connectivity index (χ1) is 10.3. The van der Waals surface area contributed by atoms with Gasteiger partial charge in [-0.1, -0.05) is 48.0 Å². The van der Waals surface area contributed by atoms with Crippen molar-refractivity contribution in [1.29, 1.82) is 0 Å². The predicted octanol–water partition coefficient (Wildman–Crippen LogP) is 4.01. The van der Waals surface area contributed by atoms with Gasteiger partial charge in [0.25, 0.3) is 0 Å². The lowest BCUT2D eigenvalue weighted by Crippen LogP contribution is -2.24. The van der Waals surface area contributed by atoms with Gasteiger partial charge in [0.1, 0.15) is 0 Å². The summed E-state index contributed by atoms with van der Waals surface area (Å²) >= 11 is 6.10. The third-order valence-electron chi connectivity index (χ3n) is 4.24. The van der Waals surface area contributed by atoms with Gasteiger partial charge in [-0.25, -0.2) is 0 Å². The zero-order valence-electron chi connectivity index (χ0n) is 12.3. The molecule has 3 rings (SSSR count). The molecule has 1 aliphatic rings. The minimum Gasteiger partial charge on any atom is -0.313 e. The number of nitrogens with zero attached hydrogens (tertiary/aromatic N) is 1. The van der Waals surface area contributed by atoms with Crippen LogP contribution in [0.4, 0.5) is 0 Å². The lowest BCUT2D eigenvalue weighted by atomic mass is 10.0. The van der Waals surface area contributed by atoms with E-state index in [4.69, 9.17) is 11.6 Å². The monoisotopic (exact) mass is 300 g/mol. The molecular formula is C18H21ClN2. The molecule has 0 aromatic heterocycles. The van der Waals surface area contributed by atoms with Gasteiger partial charge in [0, 0.05) is 30.7 Å². The molecular weight excluding hydrogens is 280 g/mol. The Morgan fingerprint density at radius 3 is 2.43 bits per heavy atom. The van der Waals surface area contributed by atoms with Crippen LogP contribution in [-0.2, 0) is 13.1 Å². The summed E-state index contributed by atoms with van der Waals surface area (Å²) in [6.07, 6.45) is 1.09. The second-order valence-corrected chi connectivity index (χ2v) is 6.10. The number of halogens is 1. The first-order valence-electron chi connectivity index (χ1n) is 7.48. The molecule has 1 heterocycles. The molecule has 21 heavy (non-hydrogen) atoms. The van der Waals surface area contributed by atoms with Crippen LogP contribution < -0.4 is 5.32 Å². The number of hydrogen-bond donors (Lipinski definition) is 1. The molecule has 1 N–H and O–H groups in total. The molecule has 0 spiro atoms. The normalized spacial score (nSPS) is 15.9. The molecule has 1 unspecified atom stereocenters. The largest absolute Gasteiger partial charge is 0.313 e. The number of nitrogens with one attached hydrogen (secondary N) is 1. The van der Waals surface area contributed by atoms with Gasteiger partial charge in [0.2, 0.25) is 0 Å². The van der Waals surface area contributed by atoms with E-state index in [1.54, 1.807) is 0 Å². The summed E-state index contributed by atoms with van der Waals surface area (Å²) < 4.78 is 0. The average molecular weight is 301 g/mol. The Morgan fingerprint density at radius 1 is 1.10 bits per heavy atom. The van der Waals surface area contributed by atoms with Crippen molar-refractivity contribution in [1.82, 2.24) is 10.2 Å². The van der Waals surface area contributed by atoms with Gasteiger partial charge in [-0.3, -0.25) is 4.90 Å². The molecule has 0 radical (unpaired) electrons. The maximum absolute atomic E-state index is 6.10. The summed E-state index contributed by atoms with van der Waals surface area (Å²) in [5.41, 5.74) is 4.21. The molecule has 2 nitrogen and oxygen atoms in total. The number of rotatable bonds is 5. The van der Waals surface area contributed by atoms with E-state index in [-0.39, 0.29) is 0 Å². The van der Waals surface area contributed by atoms with Crippen molar-refractivity contribution < 1.29 is 0 Å². The van der Waals surface area contributed by atoms with Gasteiger partial charge >= 0.3 is 0 Å². The van der Waals surface area contributed by atoms with Crippen LogP contribution in [0.1, 0.15) is 29.2 Å². The molecule has 2 aromatic carbocycles. The second-order valence-electron chi connectivity index (χ2n) is 5.66. The van der Waals surface area contributed by atoms with Gasteiger partial charge < -0.3 is 5.32 Å². The van der Waals surface area contributed by atoms with E-state index in [0.717, 1.165) is 31.1 Å². The van der Waals surface area contributed by atoms with Crippen molar-refractivity contribution >= 4 is 11.6 Å². The zero-order chi connectivity index (χ0) is 14.7. The molecule has 0 bridgehead atoms. The van der Waals surface area contributed by atoms with E-state index in [1.165, 1.54) is 16.7 Å². The summed E-state index contributed by atoms with van der Waals surface area (Å²) in [7, 11) is 2.02. The third-order valence-corrected chi connectivity index (χ3v) is 4.47. The quantitative estimate of drug-likeness (QED) is 0.897. The lowest BCUT2D eigenvalue weighted by Gasteiger charge is -2.21. The van der Waals surface area contributed by atoms with E-state index in [0.29, 0.717) is 6.04 Å². The molecule has 0 saturated carbocycles. The Bertz CT molecular complexity index is 587. The first-order valence-corrected chi connectivity index (χ1v) is 7.86. The SMILES string of the molecule is CNC(CCN1Cc2ccccc2C1)c1cccc(Cl)c1. The topological polar surface area (TPSA) is 15.3 Å². The smallest absolute Gasteiger partial charge is 0.0409 e. The van der Waals surface area contributed by atoms with Gasteiger partial charge in [0.15, 0.2) is 0 Å². The van der Waals surface area contributed by atoms with Crippen molar-refractivity contribution in [2.24, 2.45) is 0 Å². The predicted molar refractivity (Wildman–Crippen MR) is 88.4 cm³/mol. The van der Waals surface area contributed by atoms with E-state index in [2.05, 4.69) is 46.6 Å². The van der Waals surface area contributed by atoms with E-state index in [9.17, 15) is 0 Å². The maximum atomic E-state index is 6.10. The summed E-state index contributed by atoms with van der Waals surface area (Å²) in [4.78, 5) is 2.51. The van der Waals surface area contributed by atoms with Crippen molar-refractivity contribution in [2.45, 2.75) is 25.6 Å². The fourth-order valence-electron chi connectivity index (χ4n) is 3.07. The summed E-state index contributed by atoms with van der Waals surface area (Å²) in [6, 6.07) is 17.2. The fraction of sp³-hybridized carbons (Fsp3) is 0.333. The number of hydrogen-bond acceptors (Lipinski definition) is 2. The zero-order valence-corrected chi connectivity index (χ0v) is 13.1. The summed E-state index contributed by atoms with van der Waals surface area (Å²) in [6.45, 7) is 3.23. The molecule has 1 aliphatic heterocycles. The van der Waals surface area contributed by atoms with Crippen LogP contribution in [0.2, 0.25) is 5.02 Å². The molecule has 3 heteroatoms. The van der Waals surface area contributed by atoms with Crippen LogP contribution in [-0.4, -0.2) is 18.5 Å². The highest BCUT2D eigenvalue weighted by Crippen LogP contribution is 2.25. The molecule has 110 valence electrons. The Balaban J connectivity index is 1.60. The molecule has 0 fully saturated rings. The number of benzene rings is 2. The van der Waals surface area contributed by atoms with Gasteiger partial charge in [-0.15, -0.1) is 0 Å². The van der Waals surface area contributed by atoms with Crippen LogP contribution >= 0.6 is 11.6 Å². The Hall–Kier alpha value is -1.35. The average Bonchev–Trinajstić information content (AvgIpc) is 2.91. The maximum Gasteiger partial charge on any atom is 0.0409 e. The molecule has 0 saturated heterocycles. The summed E-state index contributed by atoms with van der Waals surface area (Å²) in [5, 5.41) is 4.21. The van der Waals surface area contributed by atoms with Crippen LogP contribution in [0.25, 0.3) is 0 Å². The summed E-state index contributed by atoms with van der Waals surface area (Å²) in [5.74, 6) is 0.